The van der Waals surface area contributed by atoms with Crippen LogP contribution in [-0.2, 0) is 0 Å². The van der Waals surface area contributed by atoms with E-state index in [2.05, 4.69) is 0 Å². The molecule has 0 amide bonds. The summed E-state index contributed by atoms with van der Waals surface area (Å²) in [4.78, 5) is 10.4. The third kappa shape index (κ3) is 2.88. The van der Waals surface area contributed by atoms with Crippen LogP contribution in [-0.4, -0.2) is 4.92 Å². The number of hydrogen-bond donors (Lipinski definition) is 0. The Morgan fingerprint density at radius 3 is 2.19 bits per heavy atom. The van der Waals surface area contributed by atoms with Gasteiger partial charge in [-0.1, -0.05) is 40.9 Å². The van der Waals surface area contributed by atoms with Crippen molar-refractivity contribution in [3.8, 4) is 11.1 Å². The van der Waals surface area contributed by atoms with Crippen LogP contribution in [0, 0.1) is 10.1 Å². The average Bonchev–Trinajstić information content (AvgIpc) is 2.89. The number of hydrogen-bond acceptors (Lipinski definition) is 2. The Kier molecular flexibility index (Phi) is 4.23. The Morgan fingerprint density at radius 1 is 0.808 bits per heavy atom. The smallest absolute Gasteiger partial charge is 0.258 e. The number of halogens is 3. The number of nitro groups is 1. The summed E-state index contributed by atoms with van der Waals surface area (Å²) in [5.74, 6) is 0. The van der Waals surface area contributed by atoms with Crippen molar-refractivity contribution in [2.75, 3.05) is 0 Å². The molecule has 0 bridgehead atoms. The van der Waals surface area contributed by atoms with Gasteiger partial charge in [-0.05, 0) is 70.3 Å². The number of fused-ring (bicyclic) bond motifs is 3. The normalized spacial score (nSPS) is 13.6. The lowest BCUT2D eigenvalue weighted by molar-refractivity contribution is -0.384. The Morgan fingerprint density at radius 2 is 1.50 bits per heavy atom. The van der Waals surface area contributed by atoms with E-state index in [9.17, 15) is 10.1 Å². The summed E-state index contributed by atoms with van der Waals surface area (Å²) >= 11 is 18.9. The van der Waals surface area contributed by atoms with Crippen LogP contribution in [0.4, 0.5) is 5.69 Å². The molecule has 0 saturated carbocycles. The molecule has 26 heavy (non-hydrogen) atoms. The van der Waals surface area contributed by atoms with E-state index in [0.29, 0.717) is 15.1 Å². The Balaban J connectivity index is 1.94. The molecule has 3 nitrogen and oxygen atoms in total. The van der Waals surface area contributed by atoms with Crippen molar-refractivity contribution in [2.45, 2.75) is 0 Å². The molecule has 1 aliphatic rings. The highest BCUT2D eigenvalue weighted by atomic mass is 35.5. The van der Waals surface area contributed by atoms with Crippen molar-refractivity contribution in [3.63, 3.8) is 0 Å². The highest BCUT2D eigenvalue weighted by Crippen LogP contribution is 2.49. The zero-order valence-electron chi connectivity index (χ0n) is 13.2. The predicted molar refractivity (Wildman–Crippen MR) is 107 cm³/mol. The predicted octanol–water partition coefficient (Wildman–Crippen LogP) is 7.12. The maximum atomic E-state index is 10.8. The second-order valence-electron chi connectivity index (χ2n) is 5.91. The minimum absolute atomic E-state index is 0.0495. The Bertz CT molecular complexity index is 1090. The molecule has 6 heteroatoms. The van der Waals surface area contributed by atoms with Gasteiger partial charge in [0.2, 0.25) is 0 Å². The van der Waals surface area contributed by atoms with Gasteiger partial charge in [0.15, 0.2) is 0 Å². The van der Waals surface area contributed by atoms with E-state index in [4.69, 9.17) is 34.8 Å². The third-order valence-corrected chi connectivity index (χ3v) is 5.05. The standard InChI is InChI=1S/C20H10Cl3NO2/c21-12-3-6-15-17(8-12)16(18-9-13(22)10-19(23)20(15)18)7-11-1-4-14(5-2-11)24(25)26/h1-10H/b16-7+. The van der Waals surface area contributed by atoms with Crippen LogP contribution >= 0.6 is 34.8 Å². The van der Waals surface area contributed by atoms with Gasteiger partial charge in [0, 0.05) is 27.7 Å². The first kappa shape index (κ1) is 17.1. The van der Waals surface area contributed by atoms with Crippen molar-refractivity contribution < 1.29 is 4.92 Å². The fourth-order valence-electron chi connectivity index (χ4n) is 3.18. The SMILES string of the molecule is O=[N+]([O-])c1ccc(/C=C2\c3cc(Cl)ccc3-c3c(Cl)cc(Cl)cc32)cc1. The molecule has 0 N–H and O–H groups in total. The number of nitrogens with zero attached hydrogens (tertiary/aromatic N) is 1. The van der Waals surface area contributed by atoms with Crippen LogP contribution in [0.25, 0.3) is 22.8 Å². The Hall–Kier alpha value is -2.33. The van der Waals surface area contributed by atoms with E-state index in [1.807, 2.05) is 30.3 Å². The molecular formula is C20H10Cl3NO2. The van der Waals surface area contributed by atoms with Gasteiger partial charge in [-0.25, -0.2) is 0 Å². The molecule has 0 unspecified atom stereocenters. The summed E-state index contributed by atoms with van der Waals surface area (Å²) in [6, 6.07) is 15.6. The highest BCUT2D eigenvalue weighted by Gasteiger charge is 2.26. The maximum absolute atomic E-state index is 10.8. The van der Waals surface area contributed by atoms with E-state index >= 15 is 0 Å². The fourth-order valence-corrected chi connectivity index (χ4v) is 3.94. The summed E-state index contributed by atoms with van der Waals surface area (Å²) in [6.45, 7) is 0. The van der Waals surface area contributed by atoms with Crippen LogP contribution < -0.4 is 0 Å². The number of nitro benzene ring substituents is 1. The molecule has 0 atom stereocenters. The van der Waals surface area contributed by atoms with E-state index < -0.39 is 4.92 Å². The van der Waals surface area contributed by atoms with Gasteiger partial charge in [0.25, 0.3) is 5.69 Å². The Labute approximate surface area is 164 Å². The lowest BCUT2D eigenvalue weighted by atomic mass is 10.0. The second-order valence-corrected chi connectivity index (χ2v) is 7.19. The summed E-state index contributed by atoms with van der Waals surface area (Å²) in [5.41, 5.74) is 5.58. The van der Waals surface area contributed by atoms with Gasteiger partial charge in [-0.15, -0.1) is 0 Å². The molecule has 0 heterocycles. The van der Waals surface area contributed by atoms with Crippen LogP contribution in [0.5, 0.6) is 0 Å². The maximum Gasteiger partial charge on any atom is 0.269 e. The molecule has 0 spiro atoms. The summed E-state index contributed by atoms with van der Waals surface area (Å²) in [5, 5.41) is 12.6. The molecule has 0 saturated heterocycles. The van der Waals surface area contributed by atoms with Crippen molar-refractivity contribution in [3.05, 3.63) is 96.5 Å². The number of rotatable bonds is 2. The summed E-state index contributed by atoms with van der Waals surface area (Å²) < 4.78 is 0. The zero-order chi connectivity index (χ0) is 18.4. The molecule has 0 aliphatic heterocycles. The van der Waals surface area contributed by atoms with E-state index in [1.54, 1.807) is 18.2 Å². The van der Waals surface area contributed by atoms with Gasteiger partial charge < -0.3 is 0 Å². The monoisotopic (exact) mass is 401 g/mol. The number of benzene rings is 3. The van der Waals surface area contributed by atoms with Crippen LogP contribution in [0.3, 0.4) is 0 Å². The lowest BCUT2D eigenvalue weighted by Crippen LogP contribution is -1.87. The van der Waals surface area contributed by atoms with Crippen LogP contribution in [0.1, 0.15) is 16.7 Å². The van der Waals surface area contributed by atoms with E-state index in [-0.39, 0.29) is 5.69 Å². The summed E-state index contributed by atoms with van der Waals surface area (Å²) in [6.07, 6.45) is 1.96. The first-order chi connectivity index (χ1) is 12.4. The molecule has 4 rings (SSSR count). The van der Waals surface area contributed by atoms with Gasteiger partial charge in [0.1, 0.15) is 0 Å². The van der Waals surface area contributed by atoms with Crippen LogP contribution in [0.2, 0.25) is 15.1 Å². The molecule has 1 aliphatic carbocycles. The van der Waals surface area contributed by atoms with Gasteiger partial charge in [0.05, 0.1) is 9.95 Å². The molecule has 0 aromatic heterocycles. The molecule has 0 fully saturated rings. The molecular weight excluding hydrogens is 393 g/mol. The minimum atomic E-state index is -0.420. The van der Waals surface area contributed by atoms with Crippen molar-refractivity contribution >= 4 is 52.1 Å². The van der Waals surface area contributed by atoms with Crippen molar-refractivity contribution in [2.24, 2.45) is 0 Å². The second kappa shape index (κ2) is 6.44. The minimum Gasteiger partial charge on any atom is -0.258 e. The largest absolute Gasteiger partial charge is 0.269 e. The first-order valence-electron chi connectivity index (χ1n) is 7.70. The first-order valence-corrected chi connectivity index (χ1v) is 8.83. The highest BCUT2D eigenvalue weighted by molar-refractivity contribution is 6.38. The third-order valence-electron chi connectivity index (χ3n) is 4.30. The van der Waals surface area contributed by atoms with Gasteiger partial charge in [-0.2, -0.15) is 0 Å². The quantitative estimate of drug-likeness (QED) is 0.264. The summed E-state index contributed by atoms with van der Waals surface area (Å²) in [7, 11) is 0. The average molecular weight is 403 g/mol. The lowest BCUT2D eigenvalue weighted by Gasteiger charge is -2.05. The van der Waals surface area contributed by atoms with Crippen molar-refractivity contribution in [1.29, 1.82) is 0 Å². The van der Waals surface area contributed by atoms with Crippen LogP contribution in [0.15, 0.2) is 54.6 Å². The van der Waals surface area contributed by atoms with Gasteiger partial charge >= 0.3 is 0 Å². The molecule has 0 radical (unpaired) electrons. The van der Waals surface area contributed by atoms with E-state index in [0.717, 1.165) is 33.4 Å². The van der Waals surface area contributed by atoms with Crippen molar-refractivity contribution in [1.82, 2.24) is 0 Å². The zero-order valence-corrected chi connectivity index (χ0v) is 15.4. The van der Waals surface area contributed by atoms with E-state index in [1.165, 1.54) is 12.1 Å². The fraction of sp³-hybridized carbons (Fsp3) is 0. The molecule has 3 aromatic carbocycles. The topological polar surface area (TPSA) is 43.1 Å². The number of non-ortho nitro benzene ring substituents is 1. The van der Waals surface area contributed by atoms with Gasteiger partial charge in [-0.3, -0.25) is 10.1 Å². The molecule has 3 aromatic rings. The molecule has 128 valence electrons.